The van der Waals surface area contributed by atoms with Gasteiger partial charge in [-0.15, -0.1) is 0 Å². The number of carbonyl (C=O) groups excluding carboxylic acids is 2. The lowest BCUT2D eigenvalue weighted by Crippen LogP contribution is -2.31. The fraction of sp³-hybridized carbons (Fsp3) is 0.273. The Hall–Kier alpha value is -1.92. The summed E-state index contributed by atoms with van der Waals surface area (Å²) in [6.07, 6.45) is 0. The molecule has 92 valence electrons. The zero-order chi connectivity index (χ0) is 12.7. The summed E-state index contributed by atoms with van der Waals surface area (Å²) >= 11 is 0. The summed E-state index contributed by atoms with van der Waals surface area (Å²) < 4.78 is 0. The average Bonchev–Trinajstić information content (AvgIpc) is 2.36. The van der Waals surface area contributed by atoms with E-state index in [1.165, 1.54) is 6.07 Å². The van der Waals surface area contributed by atoms with Gasteiger partial charge in [0, 0.05) is 24.2 Å². The Morgan fingerprint density at radius 1 is 1.06 bits per heavy atom. The van der Waals surface area contributed by atoms with Gasteiger partial charge >= 0.3 is 0 Å². The van der Waals surface area contributed by atoms with Crippen LogP contribution in [0, 0.1) is 0 Å². The predicted molar refractivity (Wildman–Crippen MR) is 64.4 cm³/mol. The van der Waals surface area contributed by atoms with E-state index in [0.717, 1.165) is 0 Å². The molecule has 0 saturated carbocycles. The highest BCUT2D eigenvalue weighted by atomic mass is 16.2. The number of hydrogen-bond donors (Lipinski definition) is 4. The molecule has 0 aliphatic heterocycles. The maximum absolute atomic E-state index is 11.6. The average molecular weight is 236 g/mol. The van der Waals surface area contributed by atoms with E-state index in [-0.39, 0.29) is 18.5 Å². The van der Waals surface area contributed by atoms with Crippen molar-refractivity contribution in [2.45, 2.75) is 0 Å². The molecule has 17 heavy (non-hydrogen) atoms. The molecule has 0 fully saturated rings. The molecule has 1 aromatic carbocycles. The van der Waals surface area contributed by atoms with Crippen molar-refractivity contribution in [3.63, 3.8) is 0 Å². The Morgan fingerprint density at radius 2 is 1.65 bits per heavy atom. The molecule has 6 heteroatoms. The third kappa shape index (κ3) is 3.86. The van der Waals surface area contributed by atoms with Crippen LogP contribution in [0.4, 0.5) is 0 Å². The summed E-state index contributed by atoms with van der Waals surface area (Å²) in [5.41, 5.74) is 11.3. The minimum Gasteiger partial charge on any atom is -0.351 e. The van der Waals surface area contributed by atoms with Gasteiger partial charge in [0.1, 0.15) is 0 Å². The quantitative estimate of drug-likeness (QED) is 0.492. The first-order valence-electron chi connectivity index (χ1n) is 5.25. The maximum atomic E-state index is 11.6. The largest absolute Gasteiger partial charge is 0.351 e. The summed E-state index contributed by atoms with van der Waals surface area (Å²) in [4.78, 5) is 23.1. The van der Waals surface area contributed by atoms with E-state index in [9.17, 15) is 9.59 Å². The smallest absolute Gasteiger partial charge is 0.252 e. The highest BCUT2D eigenvalue weighted by molar-refractivity contribution is 5.99. The van der Waals surface area contributed by atoms with Crippen LogP contribution in [0.1, 0.15) is 20.7 Å². The van der Waals surface area contributed by atoms with Gasteiger partial charge in [-0.05, 0) is 18.2 Å². The van der Waals surface area contributed by atoms with E-state index in [2.05, 4.69) is 10.6 Å². The minimum atomic E-state index is -0.305. The second-order valence-electron chi connectivity index (χ2n) is 3.34. The zero-order valence-electron chi connectivity index (χ0n) is 9.40. The number of amides is 2. The van der Waals surface area contributed by atoms with Crippen LogP contribution in [0.2, 0.25) is 0 Å². The first kappa shape index (κ1) is 13.1. The zero-order valence-corrected chi connectivity index (χ0v) is 9.40. The van der Waals surface area contributed by atoms with Crippen LogP contribution in [0.25, 0.3) is 0 Å². The molecule has 2 amide bonds. The van der Waals surface area contributed by atoms with Crippen LogP contribution in [0.3, 0.4) is 0 Å². The van der Waals surface area contributed by atoms with Gasteiger partial charge < -0.3 is 22.1 Å². The lowest BCUT2D eigenvalue weighted by molar-refractivity contribution is 0.0954. The highest BCUT2D eigenvalue weighted by Crippen LogP contribution is 2.05. The van der Waals surface area contributed by atoms with E-state index in [1.54, 1.807) is 18.2 Å². The molecule has 0 unspecified atom stereocenters. The van der Waals surface area contributed by atoms with Crippen LogP contribution >= 0.6 is 0 Å². The highest BCUT2D eigenvalue weighted by Gasteiger charge is 2.09. The number of hydrogen-bond acceptors (Lipinski definition) is 4. The van der Waals surface area contributed by atoms with Crippen molar-refractivity contribution in [2.75, 3.05) is 19.8 Å². The Labute approximate surface area is 99.4 Å². The van der Waals surface area contributed by atoms with Crippen LogP contribution in [0.15, 0.2) is 24.3 Å². The first-order chi connectivity index (χ1) is 8.19. The van der Waals surface area contributed by atoms with E-state index in [0.29, 0.717) is 24.2 Å². The van der Waals surface area contributed by atoms with Gasteiger partial charge in [-0.25, -0.2) is 0 Å². The van der Waals surface area contributed by atoms with Crippen molar-refractivity contribution >= 4 is 11.8 Å². The van der Waals surface area contributed by atoms with Gasteiger partial charge in [0.2, 0.25) is 0 Å². The van der Waals surface area contributed by atoms with E-state index < -0.39 is 0 Å². The molecule has 6 nitrogen and oxygen atoms in total. The number of carbonyl (C=O) groups is 2. The molecule has 6 N–H and O–H groups in total. The number of nitrogens with one attached hydrogen (secondary N) is 2. The van der Waals surface area contributed by atoms with Crippen molar-refractivity contribution in [3.05, 3.63) is 35.4 Å². The molecule has 0 aliphatic carbocycles. The molecular weight excluding hydrogens is 220 g/mol. The Kier molecular flexibility index (Phi) is 5.12. The van der Waals surface area contributed by atoms with Gasteiger partial charge in [-0.3, -0.25) is 9.59 Å². The second-order valence-corrected chi connectivity index (χ2v) is 3.34. The van der Waals surface area contributed by atoms with Gasteiger partial charge in [0.15, 0.2) is 0 Å². The number of benzene rings is 1. The molecule has 0 saturated heterocycles. The van der Waals surface area contributed by atoms with Crippen molar-refractivity contribution in [2.24, 2.45) is 11.5 Å². The predicted octanol–water partition coefficient (Wildman–Crippen LogP) is -0.979. The molecular formula is C11H16N4O2. The normalized spacial score (nSPS) is 9.76. The molecule has 0 radical (unpaired) electrons. The third-order valence-corrected chi connectivity index (χ3v) is 2.08. The van der Waals surface area contributed by atoms with Crippen molar-refractivity contribution in [1.82, 2.24) is 10.6 Å². The summed E-state index contributed by atoms with van der Waals surface area (Å²) in [7, 11) is 0. The van der Waals surface area contributed by atoms with Gasteiger partial charge in [0.05, 0.1) is 6.67 Å². The van der Waals surface area contributed by atoms with Crippen LogP contribution in [0.5, 0.6) is 0 Å². The monoisotopic (exact) mass is 236 g/mol. The summed E-state index contributed by atoms with van der Waals surface area (Å²) in [6, 6.07) is 6.40. The van der Waals surface area contributed by atoms with Crippen molar-refractivity contribution < 1.29 is 9.59 Å². The molecule has 0 heterocycles. The lowest BCUT2D eigenvalue weighted by Gasteiger charge is -2.06. The van der Waals surface area contributed by atoms with Gasteiger partial charge in [-0.1, -0.05) is 6.07 Å². The van der Waals surface area contributed by atoms with E-state index >= 15 is 0 Å². The third-order valence-electron chi connectivity index (χ3n) is 2.08. The molecule has 0 atom stereocenters. The molecule has 0 bridgehead atoms. The fourth-order valence-electron chi connectivity index (χ4n) is 1.28. The molecule has 1 rings (SSSR count). The Balaban J connectivity index is 2.78. The lowest BCUT2D eigenvalue weighted by atomic mass is 10.1. The standard InChI is InChI=1S/C11H16N4O2/c12-4-5-14-10(16)8-2-1-3-9(6-8)11(17)15-7-13/h1-3,6H,4-5,7,12-13H2,(H,14,16)(H,15,17). The Morgan fingerprint density at radius 3 is 2.18 bits per heavy atom. The minimum absolute atomic E-state index is 0.0580. The summed E-state index contributed by atoms with van der Waals surface area (Å²) in [5, 5.41) is 5.08. The topological polar surface area (TPSA) is 110 Å². The van der Waals surface area contributed by atoms with Crippen LogP contribution in [-0.4, -0.2) is 31.6 Å². The van der Waals surface area contributed by atoms with E-state index in [4.69, 9.17) is 11.5 Å². The van der Waals surface area contributed by atoms with Gasteiger partial charge in [0.25, 0.3) is 11.8 Å². The second kappa shape index (κ2) is 6.62. The fourth-order valence-corrected chi connectivity index (χ4v) is 1.28. The van der Waals surface area contributed by atoms with Crippen LogP contribution in [-0.2, 0) is 0 Å². The van der Waals surface area contributed by atoms with Crippen molar-refractivity contribution in [1.29, 1.82) is 0 Å². The SMILES string of the molecule is NCCNC(=O)c1cccc(C(=O)NCN)c1. The number of nitrogens with two attached hydrogens (primary N) is 2. The molecule has 0 spiro atoms. The number of rotatable bonds is 5. The molecule has 0 aromatic heterocycles. The summed E-state index contributed by atoms with van der Waals surface area (Å²) in [5.74, 6) is -0.557. The maximum Gasteiger partial charge on any atom is 0.252 e. The first-order valence-corrected chi connectivity index (χ1v) is 5.25. The summed E-state index contributed by atoms with van der Waals surface area (Å²) in [6.45, 7) is 0.833. The van der Waals surface area contributed by atoms with E-state index in [1.807, 2.05) is 0 Å². The van der Waals surface area contributed by atoms with Crippen molar-refractivity contribution in [3.8, 4) is 0 Å². The van der Waals surface area contributed by atoms with Gasteiger partial charge in [-0.2, -0.15) is 0 Å². The molecule has 1 aromatic rings. The van der Waals surface area contributed by atoms with Crippen LogP contribution < -0.4 is 22.1 Å². The Bertz CT molecular complexity index is 406. The molecule has 0 aliphatic rings.